The lowest BCUT2D eigenvalue weighted by molar-refractivity contribution is 0.309. The minimum atomic E-state index is -3.51. The number of nitrogen functional groups attached to an aromatic ring is 1. The summed E-state index contributed by atoms with van der Waals surface area (Å²) in [6.45, 7) is 3.14. The standard InChI is InChI=1S/C18H24N2O3S/c1-2-3-13-23-17-6-4-5-15(14-17)11-12-20-24(21,22)18-9-7-16(19)8-10-18/h4-10,14,20H,2-3,11-13,19H2,1H3. The molecule has 0 aliphatic heterocycles. The summed E-state index contributed by atoms with van der Waals surface area (Å²) in [6, 6.07) is 13.9. The zero-order chi connectivity index (χ0) is 17.4. The molecule has 0 aliphatic carbocycles. The van der Waals surface area contributed by atoms with Gasteiger partial charge in [0.1, 0.15) is 5.75 Å². The number of sulfonamides is 1. The molecular weight excluding hydrogens is 324 g/mol. The second-order valence-electron chi connectivity index (χ2n) is 5.57. The smallest absolute Gasteiger partial charge is 0.240 e. The number of rotatable bonds is 9. The van der Waals surface area contributed by atoms with Gasteiger partial charge in [0.2, 0.25) is 10.0 Å². The van der Waals surface area contributed by atoms with Gasteiger partial charge in [0.15, 0.2) is 0 Å². The molecule has 0 saturated heterocycles. The molecule has 0 radical (unpaired) electrons. The number of ether oxygens (including phenoxy) is 1. The molecule has 0 unspecified atom stereocenters. The number of benzene rings is 2. The van der Waals surface area contributed by atoms with E-state index in [0.717, 1.165) is 24.2 Å². The lowest BCUT2D eigenvalue weighted by atomic mass is 10.1. The highest BCUT2D eigenvalue weighted by atomic mass is 32.2. The third-order valence-electron chi connectivity index (χ3n) is 3.56. The minimum Gasteiger partial charge on any atom is -0.494 e. The number of nitrogens with two attached hydrogens (primary N) is 1. The van der Waals surface area contributed by atoms with Crippen LogP contribution in [0.3, 0.4) is 0 Å². The van der Waals surface area contributed by atoms with E-state index in [9.17, 15) is 8.42 Å². The molecule has 0 amide bonds. The van der Waals surface area contributed by atoms with Crippen LogP contribution in [-0.4, -0.2) is 21.6 Å². The van der Waals surface area contributed by atoms with Crippen molar-refractivity contribution in [2.24, 2.45) is 0 Å². The lowest BCUT2D eigenvalue weighted by Crippen LogP contribution is -2.26. The summed E-state index contributed by atoms with van der Waals surface area (Å²) >= 11 is 0. The van der Waals surface area contributed by atoms with Crippen molar-refractivity contribution in [2.45, 2.75) is 31.1 Å². The normalized spacial score (nSPS) is 11.4. The molecule has 5 nitrogen and oxygen atoms in total. The van der Waals surface area contributed by atoms with Gasteiger partial charge in [-0.15, -0.1) is 0 Å². The summed E-state index contributed by atoms with van der Waals surface area (Å²) < 4.78 is 32.7. The Balaban J connectivity index is 1.89. The van der Waals surface area contributed by atoms with Crippen molar-refractivity contribution in [1.82, 2.24) is 4.72 Å². The van der Waals surface area contributed by atoms with Gasteiger partial charge < -0.3 is 10.5 Å². The van der Waals surface area contributed by atoms with Crippen molar-refractivity contribution in [1.29, 1.82) is 0 Å². The maximum atomic E-state index is 12.2. The van der Waals surface area contributed by atoms with Gasteiger partial charge >= 0.3 is 0 Å². The summed E-state index contributed by atoms with van der Waals surface area (Å²) in [4.78, 5) is 0.216. The molecule has 0 saturated carbocycles. The zero-order valence-electron chi connectivity index (χ0n) is 13.9. The maximum Gasteiger partial charge on any atom is 0.240 e. The van der Waals surface area contributed by atoms with Gasteiger partial charge in [0.05, 0.1) is 11.5 Å². The fourth-order valence-corrected chi connectivity index (χ4v) is 3.22. The summed E-state index contributed by atoms with van der Waals surface area (Å²) in [5.41, 5.74) is 7.14. The minimum absolute atomic E-state index is 0.216. The Morgan fingerprint density at radius 2 is 1.88 bits per heavy atom. The van der Waals surface area contributed by atoms with Crippen LogP contribution >= 0.6 is 0 Å². The molecule has 0 heterocycles. The molecule has 24 heavy (non-hydrogen) atoms. The Hall–Kier alpha value is -2.05. The summed E-state index contributed by atoms with van der Waals surface area (Å²) in [7, 11) is -3.51. The number of unbranched alkanes of at least 4 members (excludes halogenated alkanes) is 1. The average molecular weight is 348 g/mol. The number of hydrogen-bond acceptors (Lipinski definition) is 4. The third-order valence-corrected chi connectivity index (χ3v) is 5.04. The predicted octanol–water partition coefficient (Wildman–Crippen LogP) is 2.97. The van der Waals surface area contributed by atoms with E-state index in [1.165, 1.54) is 12.1 Å². The monoisotopic (exact) mass is 348 g/mol. The molecule has 6 heteroatoms. The predicted molar refractivity (Wildman–Crippen MR) is 96.6 cm³/mol. The highest BCUT2D eigenvalue weighted by Crippen LogP contribution is 2.15. The van der Waals surface area contributed by atoms with Gasteiger partial charge in [-0.2, -0.15) is 0 Å². The Bertz CT molecular complexity index is 743. The average Bonchev–Trinajstić information content (AvgIpc) is 2.56. The number of nitrogens with one attached hydrogen (secondary N) is 1. The van der Waals surface area contributed by atoms with Crippen molar-refractivity contribution in [3.8, 4) is 5.75 Å². The van der Waals surface area contributed by atoms with E-state index in [4.69, 9.17) is 10.5 Å². The van der Waals surface area contributed by atoms with E-state index >= 15 is 0 Å². The van der Waals surface area contributed by atoms with Crippen LogP contribution in [0.25, 0.3) is 0 Å². The van der Waals surface area contributed by atoms with Gasteiger partial charge in [-0.1, -0.05) is 25.5 Å². The molecule has 2 rings (SSSR count). The molecular formula is C18H24N2O3S. The Morgan fingerprint density at radius 3 is 2.58 bits per heavy atom. The first kappa shape index (κ1) is 18.3. The molecule has 0 aromatic heterocycles. The molecule has 130 valence electrons. The molecule has 0 atom stereocenters. The van der Waals surface area contributed by atoms with Gasteiger partial charge in [0.25, 0.3) is 0 Å². The molecule has 0 spiro atoms. The molecule has 2 aromatic carbocycles. The fraction of sp³-hybridized carbons (Fsp3) is 0.333. The third kappa shape index (κ3) is 5.54. The Labute approximate surface area is 143 Å². The van der Waals surface area contributed by atoms with E-state index in [0.29, 0.717) is 25.3 Å². The lowest BCUT2D eigenvalue weighted by Gasteiger charge is -2.09. The fourth-order valence-electron chi connectivity index (χ4n) is 2.19. The highest BCUT2D eigenvalue weighted by Gasteiger charge is 2.12. The molecule has 0 fully saturated rings. The van der Waals surface area contributed by atoms with Crippen LogP contribution in [0.15, 0.2) is 53.4 Å². The Morgan fingerprint density at radius 1 is 1.12 bits per heavy atom. The summed E-state index contributed by atoms with van der Waals surface area (Å²) in [6.07, 6.45) is 2.71. The first-order chi connectivity index (χ1) is 11.5. The van der Waals surface area contributed by atoms with Gasteiger partial charge in [-0.05, 0) is 54.8 Å². The number of anilines is 1. The van der Waals surface area contributed by atoms with Crippen molar-refractivity contribution in [2.75, 3.05) is 18.9 Å². The highest BCUT2D eigenvalue weighted by molar-refractivity contribution is 7.89. The van der Waals surface area contributed by atoms with Crippen LogP contribution in [0.5, 0.6) is 5.75 Å². The van der Waals surface area contributed by atoms with Crippen LogP contribution in [0, 0.1) is 0 Å². The van der Waals surface area contributed by atoms with Crippen LogP contribution in [0.2, 0.25) is 0 Å². The molecule has 2 aromatic rings. The van der Waals surface area contributed by atoms with Crippen molar-refractivity contribution in [3.63, 3.8) is 0 Å². The Kier molecular flexibility index (Phi) is 6.63. The van der Waals surface area contributed by atoms with Crippen molar-refractivity contribution in [3.05, 3.63) is 54.1 Å². The van der Waals surface area contributed by atoms with E-state index in [1.54, 1.807) is 12.1 Å². The second-order valence-corrected chi connectivity index (χ2v) is 7.33. The van der Waals surface area contributed by atoms with Crippen LogP contribution in [0.1, 0.15) is 25.3 Å². The van der Waals surface area contributed by atoms with E-state index < -0.39 is 10.0 Å². The van der Waals surface area contributed by atoms with Crippen LogP contribution in [-0.2, 0) is 16.4 Å². The van der Waals surface area contributed by atoms with Crippen molar-refractivity contribution >= 4 is 15.7 Å². The number of hydrogen-bond donors (Lipinski definition) is 2. The van der Waals surface area contributed by atoms with Crippen LogP contribution in [0.4, 0.5) is 5.69 Å². The van der Waals surface area contributed by atoms with E-state index in [1.807, 2.05) is 24.3 Å². The molecule has 3 N–H and O–H groups in total. The topological polar surface area (TPSA) is 81.4 Å². The zero-order valence-corrected chi connectivity index (χ0v) is 14.7. The van der Waals surface area contributed by atoms with E-state index in [2.05, 4.69) is 11.6 Å². The molecule has 0 bridgehead atoms. The first-order valence-electron chi connectivity index (χ1n) is 8.08. The largest absolute Gasteiger partial charge is 0.494 e. The molecule has 0 aliphatic rings. The van der Waals surface area contributed by atoms with Crippen molar-refractivity contribution < 1.29 is 13.2 Å². The van der Waals surface area contributed by atoms with Gasteiger partial charge in [-0.3, -0.25) is 0 Å². The maximum absolute atomic E-state index is 12.2. The quantitative estimate of drug-likeness (QED) is 0.539. The SMILES string of the molecule is CCCCOc1cccc(CCNS(=O)(=O)c2ccc(N)cc2)c1. The summed E-state index contributed by atoms with van der Waals surface area (Å²) in [5.74, 6) is 0.822. The van der Waals surface area contributed by atoms with Crippen LogP contribution < -0.4 is 15.2 Å². The van der Waals surface area contributed by atoms with E-state index in [-0.39, 0.29) is 4.90 Å². The van der Waals surface area contributed by atoms with Gasteiger partial charge in [-0.25, -0.2) is 13.1 Å². The summed E-state index contributed by atoms with van der Waals surface area (Å²) in [5, 5.41) is 0. The van der Waals surface area contributed by atoms with Gasteiger partial charge in [0, 0.05) is 12.2 Å². The second kappa shape index (κ2) is 8.70. The first-order valence-corrected chi connectivity index (χ1v) is 9.56.